The van der Waals surface area contributed by atoms with Gasteiger partial charge in [-0.25, -0.2) is 0 Å². The van der Waals surface area contributed by atoms with E-state index in [1.165, 1.54) is 0 Å². The van der Waals surface area contributed by atoms with Crippen molar-refractivity contribution in [3.05, 3.63) is 0 Å². The molecule has 0 aromatic rings. The summed E-state index contributed by atoms with van der Waals surface area (Å²) in [6, 6.07) is 0.123. The van der Waals surface area contributed by atoms with Gasteiger partial charge in [0, 0.05) is 31.5 Å². The van der Waals surface area contributed by atoms with Crippen molar-refractivity contribution in [1.82, 2.24) is 10.2 Å². The Balaban J connectivity index is 1.91. The second-order valence-corrected chi connectivity index (χ2v) is 6.08. The van der Waals surface area contributed by atoms with Crippen LogP contribution in [0, 0.1) is 11.8 Å². The Kier molecular flexibility index (Phi) is 5.40. The van der Waals surface area contributed by atoms with Crippen LogP contribution in [0.1, 0.15) is 45.4 Å². The molecule has 0 radical (unpaired) electrons. The lowest BCUT2D eigenvalue weighted by molar-refractivity contribution is -0.138. The molecule has 1 aliphatic carbocycles. The fourth-order valence-corrected chi connectivity index (χ4v) is 3.50. The zero-order valence-electron chi connectivity index (χ0n) is 12.4. The van der Waals surface area contributed by atoms with Gasteiger partial charge in [0.05, 0.1) is 0 Å². The van der Waals surface area contributed by atoms with Gasteiger partial charge in [-0.1, -0.05) is 13.3 Å². The van der Waals surface area contributed by atoms with Crippen LogP contribution in [-0.4, -0.2) is 42.4 Å². The maximum atomic E-state index is 12.6. The highest BCUT2D eigenvalue weighted by Crippen LogP contribution is 2.33. The largest absolute Gasteiger partial charge is 0.352 e. The molecular weight excluding hydrogens is 254 g/mol. The molecule has 114 valence electrons. The summed E-state index contributed by atoms with van der Waals surface area (Å²) in [5.74, 6) is 0.798. The highest BCUT2D eigenvalue weighted by Gasteiger charge is 2.36. The second kappa shape index (κ2) is 7.07. The average molecular weight is 281 g/mol. The molecule has 5 heteroatoms. The number of amides is 2. The summed E-state index contributed by atoms with van der Waals surface area (Å²) in [7, 11) is 0. The first kappa shape index (κ1) is 15.3. The normalized spacial score (nSPS) is 30.3. The van der Waals surface area contributed by atoms with Crippen molar-refractivity contribution in [2.24, 2.45) is 17.6 Å². The Labute approximate surface area is 121 Å². The van der Waals surface area contributed by atoms with Gasteiger partial charge in [0.25, 0.3) is 0 Å². The number of rotatable bonds is 4. The highest BCUT2D eigenvalue weighted by molar-refractivity contribution is 5.80. The quantitative estimate of drug-likeness (QED) is 0.803. The fourth-order valence-electron chi connectivity index (χ4n) is 3.50. The van der Waals surface area contributed by atoms with Gasteiger partial charge in [-0.15, -0.1) is 0 Å². The molecule has 0 spiro atoms. The molecule has 1 aliphatic heterocycles. The van der Waals surface area contributed by atoms with Crippen LogP contribution in [0.15, 0.2) is 0 Å². The zero-order valence-corrected chi connectivity index (χ0v) is 12.4. The van der Waals surface area contributed by atoms with Crippen molar-refractivity contribution in [3.63, 3.8) is 0 Å². The summed E-state index contributed by atoms with van der Waals surface area (Å²) >= 11 is 0. The van der Waals surface area contributed by atoms with Gasteiger partial charge in [0.15, 0.2) is 0 Å². The Hall–Kier alpha value is -1.10. The number of nitrogens with two attached hydrogens (primary N) is 1. The third kappa shape index (κ3) is 3.51. The summed E-state index contributed by atoms with van der Waals surface area (Å²) in [6.07, 6.45) is 5.62. The van der Waals surface area contributed by atoms with E-state index in [-0.39, 0.29) is 23.8 Å². The molecule has 1 saturated heterocycles. The first-order valence-corrected chi connectivity index (χ1v) is 7.94. The van der Waals surface area contributed by atoms with Crippen LogP contribution >= 0.6 is 0 Å². The Morgan fingerprint density at radius 1 is 1.25 bits per heavy atom. The molecule has 20 heavy (non-hydrogen) atoms. The molecule has 0 bridgehead atoms. The summed E-state index contributed by atoms with van der Waals surface area (Å²) < 4.78 is 0. The van der Waals surface area contributed by atoms with Gasteiger partial charge in [-0.05, 0) is 38.1 Å². The maximum Gasteiger partial charge on any atom is 0.226 e. The maximum absolute atomic E-state index is 12.6. The number of likely N-dealkylation sites (tertiary alicyclic amines) is 1. The molecule has 3 atom stereocenters. The van der Waals surface area contributed by atoms with Crippen molar-refractivity contribution in [1.29, 1.82) is 0 Å². The lowest BCUT2D eigenvalue weighted by Gasteiger charge is -2.35. The van der Waals surface area contributed by atoms with Crippen molar-refractivity contribution in [3.8, 4) is 0 Å². The minimum absolute atomic E-state index is 0.0741. The fraction of sp³-hybridized carbons (Fsp3) is 0.867. The standard InChI is InChI=1S/C15H27N3O2/c1-2-14(19)17-12-6-4-8-18(10-12)15(20)13-7-3-5-11(13)9-16/h11-13H,2-10,16H2,1H3,(H,17,19)/t11-,12?,13-/m1/s1. The predicted octanol–water partition coefficient (Wildman–Crippen LogP) is 0.879. The molecule has 2 aliphatic rings. The van der Waals surface area contributed by atoms with Crippen LogP contribution in [0.2, 0.25) is 0 Å². The van der Waals surface area contributed by atoms with Crippen LogP contribution < -0.4 is 11.1 Å². The SMILES string of the molecule is CCC(=O)NC1CCCN(C(=O)[C@@H]2CCC[C@@H]2CN)C1. The Morgan fingerprint density at radius 3 is 2.75 bits per heavy atom. The molecule has 3 N–H and O–H groups in total. The van der Waals surface area contributed by atoms with Gasteiger partial charge < -0.3 is 16.0 Å². The summed E-state index contributed by atoms with van der Waals surface area (Å²) in [4.78, 5) is 26.1. The van der Waals surface area contributed by atoms with Crippen molar-refractivity contribution in [2.75, 3.05) is 19.6 Å². The topological polar surface area (TPSA) is 75.4 Å². The van der Waals surface area contributed by atoms with E-state index < -0.39 is 0 Å². The smallest absolute Gasteiger partial charge is 0.226 e. The van der Waals surface area contributed by atoms with Crippen LogP contribution in [-0.2, 0) is 9.59 Å². The van der Waals surface area contributed by atoms with E-state index >= 15 is 0 Å². The van der Waals surface area contributed by atoms with E-state index in [1.54, 1.807) is 0 Å². The molecule has 2 fully saturated rings. The van der Waals surface area contributed by atoms with Crippen LogP contribution in [0.3, 0.4) is 0 Å². The average Bonchev–Trinajstić information content (AvgIpc) is 2.95. The Morgan fingerprint density at radius 2 is 2.05 bits per heavy atom. The molecule has 1 unspecified atom stereocenters. The van der Waals surface area contributed by atoms with Gasteiger partial charge in [-0.2, -0.15) is 0 Å². The van der Waals surface area contributed by atoms with E-state index in [2.05, 4.69) is 5.32 Å². The zero-order chi connectivity index (χ0) is 14.5. The van der Waals surface area contributed by atoms with Crippen LogP contribution in [0.25, 0.3) is 0 Å². The summed E-state index contributed by atoms with van der Waals surface area (Å²) in [5.41, 5.74) is 5.78. The third-order valence-electron chi connectivity index (χ3n) is 4.70. The number of nitrogens with one attached hydrogen (secondary N) is 1. The van der Waals surface area contributed by atoms with Gasteiger partial charge in [0.1, 0.15) is 0 Å². The van der Waals surface area contributed by atoms with E-state index in [1.807, 2.05) is 11.8 Å². The number of hydrogen-bond acceptors (Lipinski definition) is 3. The highest BCUT2D eigenvalue weighted by atomic mass is 16.2. The second-order valence-electron chi connectivity index (χ2n) is 6.08. The molecule has 1 saturated carbocycles. The number of hydrogen-bond donors (Lipinski definition) is 2. The minimum Gasteiger partial charge on any atom is -0.352 e. The number of piperidine rings is 1. The van der Waals surface area contributed by atoms with Crippen molar-refractivity contribution >= 4 is 11.8 Å². The van der Waals surface area contributed by atoms with Crippen LogP contribution in [0.4, 0.5) is 0 Å². The number of nitrogens with zero attached hydrogens (tertiary/aromatic N) is 1. The van der Waals surface area contributed by atoms with Crippen molar-refractivity contribution in [2.45, 2.75) is 51.5 Å². The third-order valence-corrected chi connectivity index (χ3v) is 4.70. The minimum atomic E-state index is 0.0741. The van der Waals surface area contributed by atoms with Gasteiger partial charge >= 0.3 is 0 Å². The predicted molar refractivity (Wildman–Crippen MR) is 77.9 cm³/mol. The number of carbonyl (C=O) groups excluding carboxylic acids is 2. The van der Waals surface area contributed by atoms with E-state index in [0.29, 0.717) is 25.4 Å². The van der Waals surface area contributed by atoms with Crippen molar-refractivity contribution < 1.29 is 9.59 Å². The number of carbonyl (C=O) groups is 2. The summed E-state index contributed by atoms with van der Waals surface area (Å²) in [6.45, 7) is 3.95. The molecular formula is C15H27N3O2. The first-order chi connectivity index (χ1) is 9.65. The first-order valence-electron chi connectivity index (χ1n) is 7.94. The molecule has 0 aromatic heterocycles. The van der Waals surface area contributed by atoms with Gasteiger partial charge in [0.2, 0.25) is 11.8 Å². The molecule has 2 rings (SSSR count). The van der Waals surface area contributed by atoms with E-state index in [4.69, 9.17) is 5.73 Å². The Bertz CT molecular complexity index is 359. The van der Waals surface area contributed by atoms with Crippen LogP contribution in [0.5, 0.6) is 0 Å². The van der Waals surface area contributed by atoms with E-state index in [9.17, 15) is 9.59 Å². The van der Waals surface area contributed by atoms with Gasteiger partial charge in [-0.3, -0.25) is 9.59 Å². The molecule has 0 aromatic carbocycles. The lowest BCUT2D eigenvalue weighted by atomic mass is 9.93. The molecule has 1 heterocycles. The molecule has 5 nitrogen and oxygen atoms in total. The monoisotopic (exact) mass is 281 g/mol. The molecule has 2 amide bonds. The van der Waals surface area contributed by atoms with E-state index in [0.717, 1.165) is 38.6 Å². The summed E-state index contributed by atoms with van der Waals surface area (Å²) in [5, 5.41) is 3.01. The lowest BCUT2D eigenvalue weighted by Crippen LogP contribution is -2.51.